The van der Waals surface area contributed by atoms with Crippen LogP contribution in [0.1, 0.15) is 38.2 Å². The topological polar surface area (TPSA) is 67.4 Å². The number of hydrogen-bond donors (Lipinski definition) is 2. The summed E-state index contributed by atoms with van der Waals surface area (Å²) < 4.78 is 5.17. The Bertz CT molecular complexity index is 533. The van der Waals surface area contributed by atoms with E-state index in [4.69, 9.17) is 4.74 Å². The lowest BCUT2D eigenvalue weighted by molar-refractivity contribution is -0.147. The average molecular weight is 383 g/mol. The molecule has 1 saturated heterocycles. The second-order valence-electron chi connectivity index (χ2n) is 6.67. The van der Waals surface area contributed by atoms with Gasteiger partial charge in [-0.1, -0.05) is 30.3 Å². The number of ether oxygens (including phenoxy) is 1. The van der Waals surface area contributed by atoms with Crippen LogP contribution in [0.2, 0.25) is 0 Å². The molecule has 1 aromatic rings. The van der Waals surface area contributed by atoms with Crippen LogP contribution in [0.3, 0.4) is 0 Å². The van der Waals surface area contributed by atoms with E-state index in [-0.39, 0.29) is 30.2 Å². The number of nitrogens with one attached hydrogen (secondary N) is 2. The molecule has 0 bridgehead atoms. The van der Waals surface area contributed by atoms with E-state index in [2.05, 4.69) is 10.6 Å². The summed E-state index contributed by atoms with van der Waals surface area (Å²) in [6.45, 7) is 4.59. The minimum Gasteiger partial charge on any atom is -0.466 e. The van der Waals surface area contributed by atoms with E-state index in [1.165, 1.54) is 0 Å². The van der Waals surface area contributed by atoms with Gasteiger partial charge in [0.2, 0.25) is 5.91 Å². The normalized spacial score (nSPS) is 15.6. The van der Waals surface area contributed by atoms with Gasteiger partial charge in [-0.05, 0) is 57.2 Å². The second kappa shape index (κ2) is 12.7. The number of halogens is 1. The summed E-state index contributed by atoms with van der Waals surface area (Å²) in [5.74, 6) is 0.0771. The number of esters is 1. The summed E-state index contributed by atoms with van der Waals surface area (Å²) in [5.41, 5.74) is 1.07. The van der Waals surface area contributed by atoms with Gasteiger partial charge in [-0.3, -0.25) is 9.59 Å². The van der Waals surface area contributed by atoms with Gasteiger partial charge in [0.1, 0.15) is 0 Å². The quantitative estimate of drug-likeness (QED) is 0.644. The largest absolute Gasteiger partial charge is 0.466 e. The third-order valence-electron chi connectivity index (χ3n) is 4.73. The Hall–Kier alpha value is -1.59. The Morgan fingerprint density at radius 2 is 1.92 bits per heavy atom. The Balaban J connectivity index is 0.00000338. The lowest BCUT2D eigenvalue weighted by Gasteiger charge is -2.22. The van der Waals surface area contributed by atoms with Crippen molar-refractivity contribution in [3.8, 4) is 0 Å². The molecule has 146 valence electrons. The smallest absolute Gasteiger partial charge is 0.311 e. The fourth-order valence-corrected chi connectivity index (χ4v) is 3.23. The summed E-state index contributed by atoms with van der Waals surface area (Å²) in [5, 5.41) is 6.26. The van der Waals surface area contributed by atoms with Crippen LogP contribution in [-0.4, -0.2) is 38.1 Å². The SMILES string of the molecule is CCOC(=O)C(CNC(=O)CCC1CCNCC1)Cc1ccccc1.Cl. The van der Waals surface area contributed by atoms with Crippen LogP contribution in [-0.2, 0) is 20.7 Å². The van der Waals surface area contributed by atoms with Crippen LogP contribution < -0.4 is 10.6 Å². The van der Waals surface area contributed by atoms with E-state index in [1.807, 2.05) is 30.3 Å². The summed E-state index contributed by atoms with van der Waals surface area (Å²) >= 11 is 0. The Morgan fingerprint density at radius 3 is 2.58 bits per heavy atom. The third kappa shape index (κ3) is 8.19. The molecule has 1 amide bonds. The molecule has 0 aliphatic carbocycles. The first kappa shape index (κ1) is 22.5. The first-order valence-corrected chi connectivity index (χ1v) is 9.37. The maximum Gasteiger partial charge on any atom is 0.311 e. The molecule has 2 N–H and O–H groups in total. The van der Waals surface area contributed by atoms with Gasteiger partial charge >= 0.3 is 5.97 Å². The Morgan fingerprint density at radius 1 is 1.23 bits per heavy atom. The molecule has 1 aromatic carbocycles. The predicted octanol–water partition coefficient (Wildman–Crippen LogP) is 2.73. The molecule has 1 heterocycles. The summed E-state index contributed by atoms with van der Waals surface area (Å²) in [7, 11) is 0. The molecule has 0 radical (unpaired) electrons. The number of rotatable bonds is 9. The van der Waals surface area contributed by atoms with Gasteiger partial charge in [0.25, 0.3) is 0 Å². The number of carbonyl (C=O) groups is 2. The van der Waals surface area contributed by atoms with Gasteiger partial charge in [0.05, 0.1) is 12.5 Å². The molecular formula is C20H31ClN2O3. The number of hydrogen-bond acceptors (Lipinski definition) is 4. The second-order valence-corrected chi connectivity index (χ2v) is 6.67. The van der Waals surface area contributed by atoms with Crippen LogP contribution in [0.25, 0.3) is 0 Å². The maximum absolute atomic E-state index is 12.2. The van der Waals surface area contributed by atoms with Crippen molar-refractivity contribution < 1.29 is 14.3 Å². The fraction of sp³-hybridized carbons (Fsp3) is 0.600. The van der Waals surface area contributed by atoms with Gasteiger partial charge in [-0.15, -0.1) is 12.4 Å². The lowest BCUT2D eigenvalue weighted by Crippen LogP contribution is -2.35. The average Bonchev–Trinajstić information content (AvgIpc) is 2.65. The van der Waals surface area contributed by atoms with E-state index in [0.717, 1.165) is 37.9 Å². The molecule has 26 heavy (non-hydrogen) atoms. The fourth-order valence-electron chi connectivity index (χ4n) is 3.23. The van der Waals surface area contributed by atoms with Crippen LogP contribution in [0.4, 0.5) is 0 Å². The van der Waals surface area contributed by atoms with Crippen LogP contribution >= 0.6 is 12.4 Å². The van der Waals surface area contributed by atoms with E-state index >= 15 is 0 Å². The van der Waals surface area contributed by atoms with Crippen molar-refractivity contribution in [3.05, 3.63) is 35.9 Å². The molecule has 1 aliphatic heterocycles. The molecule has 2 rings (SSSR count). The number of benzene rings is 1. The van der Waals surface area contributed by atoms with Crippen LogP contribution in [0.5, 0.6) is 0 Å². The lowest BCUT2D eigenvalue weighted by atomic mass is 9.93. The molecule has 6 heteroatoms. The van der Waals surface area contributed by atoms with Gasteiger partial charge in [-0.25, -0.2) is 0 Å². The van der Waals surface area contributed by atoms with Crippen molar-refractivity contribution in [3.63, 3.8) is 0 Å². The predicted molar refractivity (Wildman–Crippen MR) is 105 cm³/mol. The maximum atomic E-state index is 12.2. The minimum atomic E-state index is -0.342. The van der Waals surface area contributed by atoms with Crippen molar-refractivity contribution in [1.29, 1.82) is 0 Å². The van der Waals surface area contributed by atoms with E-state index in [9.17, 15) is 9.59 Å². The van der Waals surface area contributed by atoms with Gasteiger partial charge in [0.15, 0.2) is 0 Å². The first-order chi connectivity index (χ1) is 12.2. The summed E-state index contributed by atoms with van der Waals surface area (Å²) in [6, 6.07) is 9.84. The standard InChI is InChI=1S/C20H30N2O3.ClH/c1-2-25-20(24)18(14-17-6-4-3-5-7-17)15-22-19(23)9-8-16-10-12-21-13-11-16;/h3-7,16,18,21H,2,8-15H2,1H3,(H,22,23);1H. The van der Waals surface area contributed by atoms with Crippen molar-refractivity contribution >= 4 is 24.3 Å². The molecule has 0 saturated carbocycles. The molecule has 1 fully saturated rings. The zero-order chi connectivity index (χ0) is 17.9. The van der Waals surface area contributed by atoms with Gasteiger partial charge < -0.3 is 15.4 Å². The van der Waals surface area contributed by atoms with Crippen molar-refractivity contribution in [2.75, 3.05) is 26.2 Å². The molecule has 0 aromatic heterocycles. The Labute approximate surface area is 162 Å². The summed E-state index contributed by atoms with van der Waals surface area (Å²) in [4.78, 5) is 24.3. The number of amides is 1. The minimum absolute atomic E-state index is 0. The zero-order valence-electron chi connectivity index (χ0n) is 15.5. The molecule has 1 atom stereocenters. The molecule has 1 unspecified atom stereocenters. The molecule has 5 nitrogen and oxygen atoms in total. The highest BCUT2D eigenvalue weighted by Crippen LogP contribution is 2.17. The zero-order valence-corrected chi connectivity index (χ0v) is 16.4. The van der Waals surface area contributed by atoms with E-state index in [0.29, 0.717) is 31.9 Å². The van der Waals surface area contributed by atoms with Gasteiger partial charge in [0, 0.05) is 13.0 Å². The van der Waals surface area contributed by atoms with Crippen molar-refractivity contribution in [2.45, 2.75) is 39.0 Å². The molecule has 1 aliphatic rings. The molecule has 0 spiro atoms. The van der Waals surface area contributed by atoms with Crippen molar-refractivity contribution in [2.24, 2.45) is 11.8 Å². The molecular weight excluding hydrogens is 352 g/mol. The number of carbonyl (C=O) groups excluding carboxylic acids is 2. The van der Waals surface area contributed by atoms with Gasteiger partial charge in [-0.2, -0.15) is 0 Å². The van der Waals surface area contributed by atoms with Crippen LogP contribution in [0, 0.1) is 11.8 Å². The van der Waals surface area contributed by atoms with E-state index < -0.39 is 0 Å². The van der Waals surface area contributed by atoms with Crippen LogP contribution in [0.15, 0.2) is 30.3 Å². The first-order valence-electron chi connectivity index (χ1n) is 9.37. The number of piperidine rings is 1. The third-order valence-corrected chi connectivity index (χ3v) is 4.73. The highest BCUT2D eigenvalue weighted by atomic mass is 35.5. The highest BCUT2D eigenvalue weighted by Gasteiger charge is 2.21. The van der Waals surface area contributed by atoms with E-state index in [1.54, 1.807) is 6.92 Å². The highest BCUT2D eigenvalue weighted by molar-refractivity contribution is 5.85. The monoisotopic (exact) mass is 382 g/mol. The summed E-state index contributed by atoms with van der Waals surface area (Å²) in [6.07, 6.45) is 4.33. The Kier molecular flexibility index (Phi) is 11.0. The van der Waals surface area contributed by atoms with Crippen molar-refractivity contribution in [1.82, 2.24) is 10.6 Å².